The van der Waals surface area contributed by atoms with Crippen LogP contribution in [0.2, 0.25) is 0 Å². The molecule has 0 bridgehead atoms. The number of nitrogens with one attached hydrogen (secondary N) is 1. The number of amides is 2. The van der Waals surface area contributed by atoms with Crippen LogP contribution in [-0.4, -0.2) is 40.9 Å². The van der Waals surface area contributed by atoms with Crippen LogP contribution in [0.1, 0.15) is 36.0 Å². The van der Waals surface area contributed by atoms with Gasteiger partial charge in [0.15, 0.2) is 0 Å². The van der Waals surface area contributed by atoms with Crippen molar-refractivity contribution in [3.05, 3.63) is 29.8 Å². The SMILES string of the molecule is O=C(O)C1CCCN(C(=O)c2ccc(NC(=O)C3CC3)cc2)C1. The van der Waals surface area contributed by atoms with Gasteiger partial charge in [-0.15, -0.1) is 0 Å². The number of aliphatic carboxylic acids is 1. The number of hydrogen-bond donors (Lipinski definition) is 2. The highest BCUT2D eigenvalue weighted by molar-refractivity contribution is 5.97. The van der Waals surface area contributed by atoms with Gasteiger partial charge >= 0.3 is 5.97 Å². The summed E-state index contributed by atoms with van der Waals surface area (Å²) in [6.45, 7) is 0.844. The summed E-state index contributed by atoms with van der Waals surface area (Å²) in [6, 6.07) is 6.78. The first-order chi connectivity index (χ1) is 11.0. The monoisotopic (exact) mass is 316 g/mol. The van der Waals surface area contributed by atoms with E-state index in [-0.39, 0.29) is 24.3 Å². The second-order valence-corrected chi connectivity index (χ2v) is 6.27. The zero-order valence-corrected chi connectivity index (χ0v) is 12.8. The summed E-state index contributed by atoms with van der Waals surface area (Å²) in [7, 11) is 0. The van der Waals surface area contributed by atoms with E-state index in [2.05, 4.69) is 5.32 Å². The predicted octanol–water partition coefficient (Wildman–Crippen LogP) is 1.97. The predicted molar refractivity (Wildman–Crippen MR) is 84.1 cm³/mol. The van der Waals surface area contributed by atoms with Crippen molar-refractivity contribution < 1.29 is 19.5 Å². The lowest BCUT2D eigenvalue weighted by atomic mass is 9.97. The van der Waals surface area contributed by atoms with E-state index in [1.165, 1.54) is 0 Å². The molecule has 1 saturated heterocycles. The zero-order valence-electron chi connectivity index (χ0n) is 12.8. The third kappa shape index (κ3) is 3.70. The number of nitrogens with zero attached hydrogens (tertiary/aromatic N) is 1. The van der Waals surface area contributed by atoms with Gasteiger partial charge in [0.1, 0.15) is 0 Å². The molecule has 6 heteroatoms. The number of piperidine rings is 1. The summed E-state index contributed by atoms with van der Waals surface area (Å²) in [5, 5.41) is 11.9. The average Bonchev–Trinajstić information content (AvgIpc) is 3.40. The minimum absolute atomic E-state index is 0.0319. The molecule has 23 heavy (non-hydrogen) atoms. The number of carboxylic acids is 1. The number of rotatable bonds is 4. The maximum atomic E-state index is 12.5. The van der Waals surface area contributed by atoms with Crippen LogP contribution in [0.25, 0.3) is 0 Å². The van der Waals surface area contributed by atoms with Gasteiger partial charge in [0.25, 0.3) is 5.91 Å². The molecule has 6 nitrogen and oxygen atoms in total. The molecule has 1 aromatic carbocycles. The standard InChI is InChI=1S/C17H20N2O4/c20-15(11-3-4-11)18-14-7-5-12(6-8-14)16(21)19-9-1-2-13(10-19)17(22)23/h5-8,11,13H,1-4,9-10H2,(H,18,20)(H,22,23). The van der Waals surface area contributed by atoms with Crippen molar-refractivity contribution in [3.8, 4) is 0 Å². The van der Waals surface area contributed by atoms with Crippen molar-refractivity contribution >= 4 is 23.5 Å². The number of likely N-dealkylation sites (tertiary alicyclic amines) is 1. The molecule has 0 spiro atoms. The van der Waals surface area contributed by atoms with E-state index < -0.39 is 11.9 Å². The fourth-order valence-corrected chi connectivity index (χ4v) is 2.83. The number of carbonyl (C=O) groups excluding carboxylic acids is 2. The molecule has 2 amide bonds. The Morgan fingerprint density at radius 2 is 1.74 bits per heavy atom. The van der Waals surface area contributed by atoms with Gasteiger partial charge in [-0.2, -0.15) is 0 Å². The molecule has 1 aliphatic heterocycles. The van der Waals surface area contributed by atoms with Crippen LogP contribution >= 0.6 is 0 Å². The van der Waals surface area contributed by atoms with Gasteiger partial charge < -0.3 is 15.3 Å². The van der Waals surface area contributed by atoms with Crippen molar-refractivity contribution in [1.29, 1.82) is 0 Å². The van der Waals surface area contributed by atoms with Crippen LogP contribution in [0, 0.1) is 11.8 Å². The molecule has 3 rings (SSSR count). The van der Waals surface area contributed by atoms with Gasteiger partial charge in [-0.3, -0.25) is 14.4 Å². The number of anilines is 1. The number of hydrogen-bond acceptors (Lipinski definition) is 3. The topological polar surface area (TPSA) is 86.7 Å². The Bertz CT molecular complexity index is 622. The second kappa shape index (κ2) is 6.40. The van der Waals surface area contributed by atoms with E-state index in [0.29, 0.717) is 30.6 Å². The first kappa shape index (κ1) is 15.5. The normalized spacial score (nSPS) is 20.9. The minimum atomic E-state index is -0.847. The third-order valence-electron chi connectivity index (χ3n) is 4.41. The maximum absolute atomic E-state index is 12.5. The highest BCUT2D eigenvalue weighted by Gasteiger charge is 2.30. The van der Waals surface area contributed by atoms with Crippen molar-refractivity contribution in [3.63, 3.8) is 0 Å². The minimum Gasteiger partial charge on any atom is -0.481 e. The largest absolute Gasteiger partial charge is 0.481 e. The smallest absolute Gasteiger partial charge is 0.308 e. The summed E-state index contributed by atoms with van der Waals surface area (Å²) in [5.74, 6) is -1.32. The van der Waals surface area contributed by atoms with Crippen molar-refractivity contribution in [2.45, 2.75) is 25.7 Å². The van der Waals surface area contributed by atoms with Crippen LogP contribution in [-0.2, 0) is 9.59 Å². The van der Waals surface area contributed by atoms with E-state index in [0.717, 1.165) is 12.8 Å². The van der Waals surface area contributed by atoms with Gasteiger partial charge in [0.05, 0.1) is 5.92 Å². The Morgan fingerprint density at radius 1 is 1.04 bits per heavy atom. The Hall–Kier alpha value is -2.37. The van der Waals surface area contributed by atoms with Crippen molar-refractivity contribution in [2.24, 2.45) is 11.8 Å². The van der Waals surface area contributed by atoms with Gasteiger partial charge in [-0.1, -0.05) is 0 Å². The van der Waals surface area contributed by atoms with Crippen molar-refractivity contribution in [2.75, 3.05) is 18.4 Å². The van der Waals surface area contributed by atoms with Gasteiger partial charge in [-0.05, 0) is 49.9 Å². The van der Waals surface area contributed by atoms with Crippen LogP contribution in [0.4, 0.5) is 5.69 Å². The Kier molecular flexibility index (Phi) is 4.32. The molecule has 2 fully saturated rings. The fraction of sp³-hybridized carbons (Fsp3) is 0.471. The number of carbonyl (C=O) groups is 3. The molecule has 2 aliphatic rings. The van der Waals surface area contributed by atoms with Gasteiger partial charge in [0, 0.05) is 30.3 Å². The molecule has 1 heterocycles. The quantitative estimate of drug-likeness (QED) is 0.889. The summed E-state index contributed by atoms with van der Waals surface area (Å²) >= 11 is 0. The number of carboxylic acid groups (broad SMARTS) is 1. The van der Waals surface area contributed by atoms with Gasteiger partial charge in [-0.25, -0.2) is 0 Å². The lowest BCUT2D eigenvalue weighted by Gasteiger charge is -2.30. The molecule has 1 aliphatic carbocycles. The lowest BCUT2D eigenvalue weighted by molar-refractivity contribution is -0.143. The van der Waals surface area contributed by atoms with E-state index in [1.807, 2.05) is 0 Å². The van der Waals surface area contributed by atoms with Crippen LogP contribution < -0.4 is 5.32 Å². The molecule has 1 unspecified atom stereocenters. The summed E-state index contributed by atoms with van der Waals surface area (Å²) < 4.78 is 0. The van der Waals surface area contributed by atoms with E-state index in [4.69, 9.17) is 5.11 Å². The van der Waals surface area contributed by atoms with Gasteiger partial charge in [0.2, 0.25) is 5.91 Å². The molecule has 1 atom stereocenters. The molecular formula is C17H20N2O4. The third-order valence-corrected chi connectivity index (χ3v) is 4.41. The molecule has 1 aromatic rings. The van der Waals surface area contributed by atoms with Crippen LogP contribution in [0.3, 0.4) is 0 Å². The highest BCUT2D eigenvalue weighted by atomic mass is 16.4. The Balaban J connectivity index is 1.62. The summed E-state index contributed by atoms with van der Waals surface area (Å²) in [6.07, 6.45) is 3.22. The maximum Gasteiger partial charge on any atom is 0.308 e. The summed E-state index contributed by atoms with van der Waals surface area (Å²) in [4.78, 5) is 36.8. The zero-order chi connectivity index (χ0) is 16.4. The van der Waals surface area contributed by atoms with Crippen LogP contribution in [0.15, 0.2) is 24.3 Å². The van der Waals surface area contributed by atoms with E-state index >= 15 is 0 Å². The average molecular weight is 316 g/mol. The summed E-state index contributed by atoms with van der Waals surface area (Å²) in [5.41, 5.74) is 1.20. The molecule has 0 radical (unpaired) electrons. The van der Waals surface area contributed by atoms with E-state index in [1.54, 1.807) is 29.2 Å². The fourth-order valence-electron chi connectivity index (χ4n) is 2.83. The second-order valence-electron chi connectivity index (χ2n) is 6.27. The Labute approximate surface area is 134 Å². The number of benzene rings is 1. The molecule has 122 valence electrons. The molecule has 1 saturated carbocycles. The molecule has 0 aromatic heterocycles. The Morgan fingerprint density at radius 3 is 2.35 bits per heavy atom. The van der Waals surface area contributed by atoms with Crippen LogP contribution in [0.5, 0.6) is 0 Å². The molecule has 2 N–H and O–H groups in total. The molecular weight excluding hydrogens is 296 g/mol. The first-order valence-electron chi connectivity index (χ1n) is 7.97. The van der Waals surface area contributed by atoms with Crippen molar-refractivity contribution in [1.82, 2.24) is 4.90 Å². The lowest BCUT2D eigenvalue weighted by Crippen LogP contribution is -2.42. The highest BCUT2D eigenvalue weighted by Crippen LogP contribution is 2.30. The first-order valence-corrected chi connectivity index (χ1v) is 7.97. The van der Waals surface area contributed by atoms with E-state index in [9.17, 15) is 14.4 Å².